The number of sulfonamides is 1. The molecule has 2 rings (SSSR count). The number of hydrogen-bond acceptors (Lipinski definition) is 3. The summed E-state index contributed by atoms with van der Waals surface area (Å²) in [6, 6.07) is 8.30. The van der Waals surface area contributed by atoms with E-state index >= 15 is 0 Å². The SMILES string of the molecule is Cc1ccc(C(=O)Nc2cc(S(N)(=O)=O)cc(C)c2C)cc1C. The third kappa shape index (κ3) is 3.78. The molecule has 0 saturated carbocycles. The Morgan fingerprint density at radius 3 is 2.17 bits per heavy atom. The molecular weight excluding hydrogens is 312 g/mol. The number of amides is 1. The van der Waals surface area contributed by atoms with Crippen LogP contribution < -0.4 is 10.5 Å². The normalized spacial score (nSPS) is 11.3. The summed E-state index contributed by atoms with van der Waals surface area (Å²) in [5.74, 6) is -0.290. The molecule has 2 aromatic rings. The lowest BCUT2D eigenvalue weighted by atomic mass is 10.0. The molecule has 1 amide bonds. The van der Waals surface area contributed by atoms with E-state index in [9.17, 15) is 13.2 Å². The molecular formula is C17H20N2O3S. The topological polar surface area (TPSA) is 89.3 Å². The Labute approximate surface area is 136 Å². The third-order valence-electron chi connectivity index (χ3n) is 3.99. The first-order chi connectivity index (χ1) is 10.6. The van der Waals surface area contributed by atoms with E-state index in [1.165, 1.54) is 12.1 Å². The average Bonchev–Trinajstić information content (AvgIpc) is 2.45. The zero-order valence-electron chi connectivity index (χ0n) is 13.6. The summed E-state index contributed by atoms with van der Waals surface area (Å²) in [6.07, 6.45) is 0. The fourth-order valence-corrected chi connectivity index (χ4v) is 2.82. The molecule has 0 aliphatic rings. The average molecular weight is 332 g/mol. The van der Waals surface area contributed by atoms with Crippen LogP contribution in [-0.2, 0) is 10.0 Å². The minimum absolute atomic E-state index is 0.0176. The summed E-state index contributed by atoms with van der Waals surface area (Å²) in [5.41, 5.74) is 4.62. The van der Waals surface area contributed by atoms with Gasteiger partial charge in [-0.3, -0.25) is 4.79 Å². The van der Waals surface area contributed by atoms with Crippen LogP contribution in [0.3, 0.4) is 0 Å². The zero-order valence-corrected chi connectivity index (χ0v) is 14.4. The second-order valence-electron chi connectivity index (χ2n) is 5.71. The van der Waals surface area contributed by atoms with Gasteiger partial charge in [0.1, 0.15) is 0 Å². The molecule has 2 aromatic carbocycles. The van der Waals surface area contributed by atoms with Gasteiger partial charge in [0.2, 0.25) is 10.0 Å². The number of aryl methyl sites for hydroxylation is 3. The van der Waals surface area contributed by atoms with Crippen LogP contribution in [0.25, 0.3) is 0 Å². The molecule has 6 heteroatoms. The molecule has 0 atom stereocenters. The van der Waals surface area contributed by atoms with Crippen molar-refractivity contribution in [3.05, 3.63) is 58.1 Å². The van der Waals surface area contributed by atoms with Gasteiger partial charge in [0, 0.05) is 11.3 Å². The maximum Gasteiger partial charge on any atom is 0.255 e. The number of carbonyl (C=O) groups is 1. The largest absolute Gasteiger partial charge is 0.322 e. The highest BCUT2D eigenvalue weighted by atomic mass is 32.2. The van der Waals surface area contributed by atoms with Crippen molar-refractivity contribution in [2.24, 2.45) is 5.14 Å². The van der Waals surface area contributed by atoms with Crippen molar-refractivity contribution in [3.63, 3.8) is 0 Å². The van der Waals surface area contributed by atoms with Crippen LogP contribution in [0.2, 0.25) is 0 Å². The Bertz CT molecular complexity index is 887. The number of benzene rings is 2. The molecule has 0 spiro atoms. The summed E-state index contributed by atoms with van der Waals surface area (Å²) in [5, 5.41) is 7.95. The molecule has 0 heterocycles. The predicted octanol–water partition coefficient (Wildman–Crippen LogP) is 2.82. The van der Waals surface area contributed by atoms with Crippen LogP contribution in [0, 0.1) is 27.7 Å². The van der Waals surface area contributed by atoms with Gasteiger partial charge in [-0.2, -0.15) is 0 Å². The Morgan fingerprint density at radius 2 is 1.61 bits per heavy atom. The van der Waals surface area contributed by atoms with Crippen molar-refractivity contribution in [3.8, 4) is 0 Å². The van der Waals surface area contributed by atoms with Gasteiger partial charge in [0.25, 0.3) is 5.91 Å². The first kappa shape index (κ1) is 17.2. The van der Waals surface area contributed by atoms with Crippen molar-refractivity contribution in [1.82, 2.24) is 0 Å². The summed E-state index contributed by atoms with van der Waals surface area (Å²) in [7, 11) is -3.83. The molecule has 0 aliphatic carbocycles. The molecule has 23 heavy (non-hydrogen) atoms. The fraction of sp³-hybridized carbons (Fsp3) is 0.235. The van der Waals surface area contributed by atoms with Crippen molar-refractivity contribution in [1.29, 1.82) is 0 Å². The van der Waals surface area contributed by atoms with Gasteiger partial charge in [-0.25, -0.2) is 13.6 Å². The van der Waals surface area contributed by atoms with E-state index in [0.29, 0.717) is 11.3 Å². The molecule has 0 bridgehead atoms. The Balaban J connectivity index is 2.41. The van der Waals surface area contributed by atoms with Crippen molar-refractivity contribution < 1.29 is 13.2 Å². The number of nitrogens with one attached hydrogen (secondary N) is 1. The quantitative estimate of drug-likeness (QED) is 0.905. The maximum absolute atomic E-state index is 12.4. The smallest absolute Gasteiger partial charge is 0.255 e. The first-order valence-corrected chi connectivity index (χ1v) is 8.67. The van der Waals surface area contributed by atoms with Gasteiger partial charge in [-0.1, -0.05) is 6.07 Å². The maximum atomic E-state index is 12.4. The lowest BCUT2D eigenvalue weighted by Gasteiger charge is -2.13. The molecule has 0 aromatic heterocycles. The number of nitrogens with two attached hydrogens (primary N) is 1. The lowest BCUT2D eigenvalue weighted by molar-refractivity contribution is 0.102. The van der Waals surface area contributed by atoms with Gasteiger partial charge in [-0.15, -0.1) is 0 Å². The molecule has 0 unspecified atom stereocenters. The van der Waals surface area contributed by atoms with E-state index in [1.807, 2.05) is 26.8 Å². The highest BCUT2D eigenvalue weighted by Crippen LogP contribution is 2.24. The van der Waals surface area contributed by atoms with Crippen LogP contribution in [-0.4, -0.2) is 14.3 Å². The van der Waals surface area contributed by atoms with E-state index in [1.54, 1.807) is 19.1 Å². The van der Waals surface area contributed by atoms with Crippen molar-refractivity contribution in [2.45, 2.75) is 32.6 Å². The third-order valence-corrected chi connectivity index (χ3v) is 4.88. The summed E-state index contributed by atoms with van der Waals surface area (Å²) >= 11 is 0. The predicted molar refractivity (Wildman–Crippen MR) is 91.2 cm³/mol. The molecule has 0 radical (unpaired) electrons. The molecule has 0 aliphatic heterocycles. The van der Waals surface area contributed by atoms with Crippen LogP contribution in [0.1, 0.15) is 32.6 Å². The molecule has 122 valence electrons. The summed E-state index contributed by atoms with van der Waals surface area (Å²) in [6.45, 7) is 7.50. The molecule has 0 saturated heterocycles. The molecule has 5 nitrogen and oxygen atoms in total. The van der Waals surface area contributed by atoms with Crippen LogP contribution in [0.15, 0.2) is 35.2 Å². The van der Waals surface area contributed by atoms with E-state index in [-0.39, 0.29) is 10.8 Å². The Hall–Kier alpha value is -2.18. The number of rotatable bonds is 3. The second kappa shape index (κ2) is 6.14. The highest BCUT2D eigenvalue weighted by Gasteiger charge is 2.15. The van der Waals surface area contributed by atoms with E-state index in [2.05, 4.69) is 5.32 Å². The zero-order chi connectivity index (χ0) is 17.4. The highest BCUT2D eigenvalue weighted by molar-refractivity contribution is 7.89. The lowest BCUT2D eigenvalue weighted by Crippen LogP contribution is -2.16. The number of hydrogen-bond donors (Lipinski definition) is 2. The molecule has 3 N–H and O–H groups in total. The molecule has 0 fully saturated rings. The van der Waals surface area contributed by atoms with Crippen LogP contribution in [0.4, 0.5) is 5.69 Å². The van der Waals surface area contributed by atoms with Crippen molar-refractivity contribution >= 4 is 21.6 Å². The Kier molecular flexibility index (Phi) is 4.58. The standard InChI is InChI=1S/C17H20N2O3S/c1-10-5-6-14(7-11(10)2)17(20)19-16-9-15(23(18,21)22)8-12(3)13(16)4/h5-9H,1-4H3,(H,19,20)(H2,18,21,22). The van der Waals surface area contributed by atoms with Crippen molar-refractivity contribution in [2.75, 3.05) is 5.32 Å². The number of carbonyl (C=O) groups excluding carboxylic acids is 1. The van der Waals surface area contributed by atoms with E-state index in [0.717, 1.165) is 22.3 Å². The van der Waals surface area contributed by atoms with Crippen LogP contribution >= 0.6 is 0 Å². The summed E-state index contributed by atoms with van der Waals surface area (Å²) in [4.78, 5) is 12.4. The van der Waals surface area contributed by atoms with Crippen LogP contribution in [0.5, 0.6) is 0 Å². The van der Waals surface area contributed by atoms with Gasteiger partial charge < -0.3 is 5.32 Å². The van der Waals surface area contributed by atoms with Gasteiger partial charge in [0.05, 0.1) is 4.90 Å². The number of anilines is 1. The van der Waals surface area contributed by atoms with E-state index < -0.39 is 10.0 Å². The minimum Gasteiger partial charge on any atom is -0.322 e. The van der Waals surface area contributed by atoms with E-state index in [4.69, 9.17) is 5.14 Å². The monoisotopic (exact) mass is 332 g/mol. The Morgan fingerprint density at radius 1 is 0.957 bits per heavy atom. The van der Waals surface area contributed by atoms with Gasteiger partial charge >= 0.3 is 0 Å². The fourth-order valence-electron chi connectivity index (χ4n) is 2.20. The van der Waals surface area contributed by atoms with Gasteiger partial charge in [0.15, 0.2) is 0 Å². The minimum atomic E-state index is -3.83. The first-order valence-electron chi connectivity index (χ1n) is 7.12. The second-order valence-corrected chi connectivity index (χ2v) is 7.27. The summed E-state index contributed by atoms with van der Waals surface area (Å²) < 4.78 is 23.1. The number of primary sulfonamides is 1. The van der Waals surface area contributed by atoms with Gasteiger partial charge in [-0.05, 0) is 74.2 Å².